The number of rotatable bonds is 4. The first-order valence-electron chi connectivity index (χ1n) is 5.04. The number of pyridine rings is 1. The van der Waals surface area contributed by atoms with E-state index in [0.717, 1.165) is 11.4 Å². The third-order valence-electron chi connectivity index (χ3n) is 2.54. The molecule has 4 heteroatoms. The smallest absolute Gasteiger partial charge is 0.128 e. The molecule has 1 rings (SSSR count). The third kappa shape index (κ3) is 2.91. The molecule has 0 spiro atoms. The Hall–Kier alpha value is -1.13. The fraction of sp³-hybridized carbons (Fsp3) is 0.545. The van der Waals surface area contributed by atoms with E-state index in [1.54, 1.807) is 13.1 Å². The second kappa shape index (κ2) is 5.09. The minimum Gasteiger partial charge on any atom is -0.394 e. The maximum Gasteiger partial charge on any atom is 0.128 e. The van der Waals surface area contributed by atoms with E-state index in [-0.39, 0.29) is 12.6 Å². The summed E-state index contributed by atoms with van der Waals surface area (Å²) in [6.45, 7) is 3.72. The molecular formula is C11H18N2O2. The molecule has 0 aromatic carbocycles. The molecule has 15 heavy (non-hydrogen) atoms. The Morgan fingerprint density at radius 2 is 2.07 bits per heavy atom. The van der Waals surface area contributed by atoms with Gasteiger partial charge in [0.25, 0.3) is 0 Å². The quantitative estimate of drug-likeness (QED) is 0.777. The molecule has 1 aromatic rings. The molecule has 1 aromatic heterocycles. The van der Waals surface area contributed by atoms with Crippen molar-refractivity contribution in [2.75, 3.05) is 18.6 Å². The van der Waals surface area contributed by atoms with Gasteiger partial charge in [-0.1, -0.05) is 6.07 Å². The van der Waals surface area contributed by atoms with Crippen molar-refractivity contribution in [1.29, 1.82) is 0 Å². The molecule has 0 saturated carbocycles. The summed E-state index contributed by atoms with van der Waals surface area (Å²) >= 11 is 0. The minimum absolute atomic E-state index is 0.0369. The van der Waals surface area contributed by atoms with Crippen molar-refractivity contribution < 1.29 is 10.2 Å². The molecule has 1 unspecified atom stereocenters. The summed E-state index contributed by atoms with van der Waals surface area (Å²) in [6.07, 6.45) is 1.16. The Morgan fingerprint density at radius 3 is 2.47 bits per heavy atom. The molecule has 4 nitrogen and oxygen atoms in total. The van der Waals surface area contributed by atoms with E-state index in [1.165, 1.54) is 0 Å². The Balaban J connectivity index is 2.79. The average Bonchev–Trinajstić information content (AvgIpc) is 2.27. The van der Waals surface area contributed by atoms with E-state index in [0.29, 0.717) is 0 Å². The number of hydrogen-bond acceptors (Lipinski definition) is 4. The maximum atomic E-state index is 9.31. The molecule has 0 aliphatic rings. The number of aliphatic hydroxyl groups excluding tert-OH is 2. The van der Waals surface area contributed by atoms with Crippen molar-refractivity contribution in [3.05, 3.63) is 23.9 Å². The highest BCUT2D eigenvalue weighted by atomic mass is 16.3. The largest absolute Gasteiger partial charge is 0.394 e. The summed E-state index contributed by atoms with van der Waals surface area (Å²) in [7, 11) is 1.88. The fourth-order valence-electron chi connectivity index (χ4n) is 1.20. The van der Waals surface area contributed by atoms with Crippen LogP contribution in [0.1, 0.15) is 25.5 Å². The predicted molar refractivity (Wildman–Crippen MR) is 59.8 cm³/mol. The summed E-state index contributed by atoms with van der Waals surface area (Å²) in [4.78, 5) is 6.12. The zero-order chi connectivity index (χ0) is 11.4. The fourth-order valence-corrected chi connectivity index (χ4v) is 1.20. The van der Waals surface area contributed by atoms with E-state index >= 15 is 0 Å². The van der Waals surface area contributed by atoms with E-state index in [4.69, 9.17) is 5.11 Å². The van der Waals surface area contributed by atoms with Crippen LogP contribution in [0.25, 0.3) is 0 Å². The van der Waals surface area contributed by atoms with E-state index in [1.807, 2.05) is 31.0 Å². The zero-order valence-electron chi connectivity index (χ0n) is 9.38. The van der Waals surface area contributed by atoms with Crippen LogP contribution in [0, 0.1) is 0 Å². The second-order valence-electron chi connectivity index (χ2n) is 3.77. The highest BCUT2D eigenvalue weighted by Gasteiger charge is 2.10. The number of aliphatic hydroxyl groups is 2. The summed E-state index contributed by atoms with van der Waals surface area (Å²) in [5, 5.41) is 18.3. The van der Waals surface area contributed by atoms with Gasteiger partial charge in [-0.15, -0.1) is 0 Å². The molecule has 0 radical (unpaired) electrons. The number of aromatic nitrogens is 1. The van der Waals surface area contributed by atoms with Crippen LogP contribution in [0.4, 0.5) is 5.82 Å². The predicted octanol–water partition coefficient (Wildman–Crippen LogP) is 0.952. The van der Waals surface area contributed by atoms with Crippen LogP contribution in [0.3, 0.4) is 0 Å². The molecule has 0 amide bonds. The monoisotopic (exact) mass is 210 g/mol. The normalized spacial score (nSPS) is 14.7. The lowest BCUT2D eigenvalue weighted by Crippen LogP contribution is -2.32. The SMILES string of the molecule is CC(CO)N(C)c1ccc([C@H](C)O)cn1. The standard InChI is InChI=1S/C11H18N2O2/c1-8(7-14)13(3)11-5-4-10(6-12-11)9(2)15/h4-6,8-9,14-15H,7H2,1-3H3/t8?,9-/m0/s1. The summed E-state index contributed by atoms with van der Waals surface area (Å²) in [5.41, 5.74) is 0.795. The first-order valence-corrected chi connectivity index (χ1v) is 5.04. The maximum absolute atomic E-state index is 9.31. The van der Waals surface area contributed by atoms with E-state index in [2.05, 4.69) is 4.98 Å². The molecule has 0 bridgehead atoms. The molecule has 84 valence electrons. The van der Waals surface area contributed by atoms with Crippen molar-refractivity contribution in [2.45, 2.75) is 26.0 Å². The van der Waals surface area contributed by atoms with Gasteiger partial charge in [-0.2, -0.15) is 0 Å². The van der Waals surface area contributed by atoms with Gasteiger partial charge in [0.05, 0.1) is 18.8 Å². The highest BCUT2D eigenvalue weighted by molar-refractivity contribution is 5.39. The molecule has 2 N–H and O–H groups in total. The highest BCUT2D eigenvalue weighted by Crippen LogP contribution is 2.16. The Labute approximate surface area is 90.2 Å². The minimum atomic E-state index is -0.493. The van der Waals surface area contributed by atoms with Crippen LogP contribution in [0.15, 0.2) is 18.3 Å². The van der Waals surface area contributed by atoms with Crippen LogP contribution < -0.4 is 4.90 Å². The van der Waals surface area contributed by atoms with Gasteiger partial charge in [-0.3, -0.25) is 0 Å². The third-order valence-corrected chi connectivity index (χ3v) is 2.54. The van der Waals surface area contributed by atoms with Gasteiger partial charge in [0, 0.05) is 13.2 Å². The Morgan fingerprint density at radius 1 is 1.40 bits per heavy atom. The van der Waals surface area contributed by atoms with Crippen molar-refractivity contribution in [3.63, 3.8) is 0 Å². The number of nitrogens with zero attached hydrogens (tertiary/aromatic N) is 2. The van der Waals surface area contributed by atoms with Gasteiger partial charge in [-0.25, -0.2) is 4.98 Å². The van der Waals surface area contributed by atoms with Gasteiger partial charge in [0.15, 0.2) is 0 Å². The van der Waals surface area contributed by atoms with Crippen LogP contribution in [-0.2, 0) is 0 Å². The van der Waals surface area contributed by atoms with Crippen LogP contribution >= 0.6 is 0 Å². The van der Waals surface area contributed by atoms with Crippen LogP contribution in [-0.4, -0.2) is 34.9 Å². The Kier molecular flexibility index (Phi) is 4.05. The van der Waals surface area contributed by atoms with E-state index in [9.17, 15) is 5.11 Å². The lowest BCUT2D eigenvalue weighted by atomic mass is 10.2. The number of likely N-dealkylation sites (N-methyl/N-ethyl adjacent to an activating group) is 1. The summed E-state index contributed by atoms with van der Waals surface area (Å²) in [5.74, 6) is 0.793. The summed E-state index contributed by atoms with van der Waals surface area (Å²) < 4.78 is 0. The second-order valence-corrected chi connectivity index (χ2v) is 3.77. The lowest BCUT2D eigenvalue weighted by molar-refractivity contribution is 0.199. The van der Waals surface area contributed by atoms with Crippen molar-refractivity contribution in [3.8, 4) is 0 Å². The molecule has 0 fully saturated rings. The first kappa shape index (κ1) is 11.9. The average molecular weight is 210 g/mol. The molecule has 0 saturated heterocycles. The lowest BCUT2D eigenvalue weighted by Gasteiger charge is -2.24. The van der Waals surface area contributed by atoms with Crippen molar-refractivity contribution >= 4 is 5.82 Å². The topological polar surface area (TPSA) is 56.6 Å². The van der Waals surface area contributed by atoms with Crippen LogP contribution in [0.2, 0.25) is 0 Å². The summed E-state index contributed by atoms with van der Waals surface area (Å²) in [6, 6.07) is 3.72. The van der Waals surface area contributed by atoms with Gasteiger partial charge in [0.2, 0.25) is 0 Å². The first-order chi connectivity index (χ1) is 7.06. The number of anilines is 1. The van der Waals surface area contributed by atoms with Crippen molar-refractivity contribution in [2.24, 2.45) is 0 Å². The molecule has 1 heterocycles. The van der Waals surface area contributed by atoms with Gasteiger partial charge < -0.3 is 15.1 Å². The Bertz CT molecular complexity index is 298. The molecule has 0 aliphatic heterocycles. The van der Waals surface area contributed by atoms with Gasteiger partial charge in [-0.05, 0) is 25.5 Å². The van der Waals surface area contributed by atoms with Crippen LogP contribution in [0.5, 0.6) is 0 Å². The van der Waals surface area contributed by atoms with Gasteiger partial charge >= 0.3 is 0 Å². The molecule has 2 atom stereocenters. The molecular weight excluding hydrogens is 192 g/mol. The van der Waals surface area contributed by atoms with Crippen molar-refractivity contribution in [1.82, 2.24) is 4.98 Å². The van der Waals surface area contributed by atoms with E-state index < -0.39 is 6.10 Å². The molecule has 0 aliphatic carbocycles. The number of hydrogen-bond donors (Lipinski definition) is 2. The van der Waals surface area contributed by atoms with Gasteiger partial charge in [0.1, 0.15) is 5.82 Å². The zero-order valence-corrected chi connectivity index (χ0v) is 9.38.